The van der Waals surface area contributed by atoms with Crippen LogP contribution in [0.1, 0.15) is 25.0 Å². The van der Waals surface area contributed by atoms with Crippen LogP contribution in [-0.4, -0.2) is 51.4 Å². The lowest BCUT2D eigenvalue weighted by Crippen LogP contribution is -2.51. The minimum atomic E-state index is -4.23. The molecule has 12 heteroatoms. The van der Waals surface area contributed by atoms with Crippen LogP contribution >= 0.6 is 34.8 Å². The van der Waals surface area contributed by atoms with E-state index >= 15 is 0 Å². The highest BCUT2D eigenvalue weighted by atomic mass is 35.5. The highest BCUT2D eigenvalue weighted by Gasteiger charge is 2.32. The lowest BCUT2D eigenvalue weighted by Gasteiger charge is -2.32. The van der Waals surface area contributed by atoms with Gasteiger partial charge in [-0.05, 0) is 68.8 Å². The van der Waals surface area contributed by atoms with Gasteiger partial charge in [-0.2, -0.15) is 0 Å². The second-order valence-corrected chi connectivity index (χ2v) is 12.1. The van der Waals surface area contributed by atoms with Crippen LogP contribution in [0.15, 0.2) is 65.6 Å². The number of methoxy groups -OCH3 is 1. The van der Waals surface area contributed by atoms with Crippen molar-refractivity contribution in [2.24, 2.45) is 0 Å². The minimum absolute atomic E-state index is 0.00866. The Balaban J connectivity index is 2.07. The number of likely N-dealkylation sites (N-methyl/N-ethyl adjacent to an activating group) is 1. The second-order valence-electron chi connectivity index (χ2n) is 8.98. The number of rotatable bonds is 11. The first-order valence-electron chi connectivity index (χ1n) is 12.3. The lowest BCUT2D eigenvalue weighted by atomic mass is 10.1. The zero-order valence-corrected chi connectivity index (χ0v) is 25.5. The van der Waals surface area contributed by atoms with E-state index < -0.39 is 34.4 Å². The molecule has 214 valence electrons. The number of hydrogen-bond donors (Lipinski definition) is 1. The van der Waals surface area contributed by atoms with Crippen LogP contribution in [0.4, 0.5) is 5.69 Å². The predicted octanol–water partition coefficient (Wildman–Crippen LogP) is 5.71. The predicted molar refractivity (Wildman–Crippen MR) is 159 cm³/mol. The molecule has 40 heavy (non-hydrogen) atoms. The zero-order valence-electron chi connectivity index (χ0n) is 22.4. The Hall–Kier alpha value is -2.98. The topological polar surface area (TPSA) is 96.0 Å². The molecule has 0 aliphatic heterocycles. The maximum absolute atomic E-state index is 13.9. The first-order valence-corrected chi connectivity index (χ1v) is 14.9. The number of aryl methyl sites for hydroxylation is 1. The monoisotopic (exact) mass is 625 g/mol. The highest BCUT2D eigenvalue weighted by molar-refractivity contribution is 7.92. The maximum atomic E-state index is 13.9. The Morgan fingerprint density at radius 1 is 0.950 bits per heavy atom. The van der Waals surface area contributed by atoms with Gasteiger partial charge in [0.1, 0.15) is 18.3 Å². The van der Waals surface area contributed by atoms with Crippen LogP contribution in [0.2, 0.25) is 15.1 Å². The van der Waals surface area contributed by atoms with E-state index in [1.165, 1.54) is 42.3 Å². The van der Waals surface area contributed by atoms with Crippen molar-refractivity contribution >= 4 is 62.3 Å². The van der Waals surface area contributed by atoms with Crippen molar-refractivity contribution in [3.63, 3.8) is 0 Å². The van der Waals surface area contributed by atoms with Crippen molar-refractivity contribution in [2.45, 2.75) is 38.3 Å². The molecule has 0 aromatic heterocycles. The number of carbonyl (C=O) groups is 2. The number of nitrogens with zero attached hydrogens (tertiary/aromatic N) is 2. The van der Waals surface area contributed by atoms with E-state index in [0.717, 1.165) is 9.87 Å². The van der Waals surface area contributed by atoms with Gasteiger partial charge in [-0.15, -0.1) is 0 Å². The fourth-order valence-electron chi connectivity index (χ4n) is 3.92. The molecule has 0 saturated carbocycles. The smallest absolute Gasteiger partial charge is 0.264 e. The molecular formula is C28H30Cl3N3O5S. The van der Waals surface area contributed by atoms with Gasteiger partial charge in [-0.3, -0.25) is 13.9 Å². The van der Waals surface area contributed by atoms with Gasteiger partial charge in [-0.1, -0.05) is 58.6 Å². The molecule has 0 aliphatic carbocycles. The Labute approximate surface area is 249 Å². The van der Waals surface area contributed by atoms with Crippen LogP contribution in [0.25, 0.3) is 0 Å². The van der Waals surface area contributed by atoms with Gasteiger partial charge in [0.15, 0.2) is 0 Å². The van der Waals surface area contributed by atoms with Crippen LogP contribution in [0.3, 0.4) is 0 Å². The third kappa shape index (κ3) is 7.40. The first-order chi connectivity index (χ1) is 18.9. The largest absolute Gasteiger partial charge is 0.495 e. The molecule has 0 fully saturated rings. The summed E-state index contributed by atoms with van der Waals surface area (Å²) in [4.78, 5) is 28.0. The Morgan fingerprint density at radius 3 is 2.20 bits per heavy atom. The van der Waals surface area contributed by atoms with Crippen molar-refractivity contribution in [3.8, 4) is 5.75 Å². The molecule has 2 amide bonds. The number of anilines is 1. The molecule has 3 aromatic rings. The maximum Gasteiger partial charge on any atom is 0.264 e. The van der Waals surface area contributed by atoms with Crippen molar-refractivity contribution in [3.05, 3.63) is 86.9 Å². The number of halogens is 3. The molecule has 3 rings (SSSR count). The molecule has 0 saturated heterocycles. The van der Waals surface area contributed by atoms with Crippen molar-refractivity contribution in [1.29, 1.82) is 0 Å². The van der Waals surface area contributed by atoms with Gasteiger partial charge in [-0.25, -0.2) is 8.42 Å². The number of benzene rings is 3. The first kappa shape index (κ1) is 31.5. The van der Waals surface area contributed by atoms with Crippen molar-refractivity contribution in [2.75, 3.05) is 24.5 Å². The SMILES string of the molecule is CCNC(=O)[C@@H](C)N(Cc1ccc(Cl)c(Cl)c1)C(=O)CN(c1ccc(OC)c(Cl)c1)S(=O)(=O)c1ccc(C)cc1. The average Bonchev–Trinajstić information content (AvgIpc) is 2.92. The molecular weight excluding hydrogens is 597 g/mol. The van der Waals surface area contributed by atoms with E-state index in [1.807, 2.05) is 6.92 Å². The summed E-state index contributed by atoms with van der Waals surface area (Å²) >= 11 is 18.6. The number of hydrogen-bond acceptors (Lipinski definition) is 5. The molecule has 0 aliphatic rings. The number of sulfonamides is 1. The van der Waals surface area contributed by atoms with E-state index in [1.54, 1.807) is 44.2 Å². The molecule has 0 heterocycles. The summed E-state index contributed by atoms with van der Waals surface area (Å²) in [6, 6.07) is 14.7. The molecule has 0 bridgehead atoms. The van der Waals surface area contributed by atoms with E-state index in [9.17, 15) is 18.0 Å². The third-order valence-electron chi connectivity index (χ3n) is 6.17. The summed E-state index contributed by atoms with van der Waals surface area (Å²) in [5.41, 5.74) is 1.64. The van der Waals surface area contributed by atoms with Crippen LogP contribution in [-0.2, 0) is 26.2 Å². The van der Waals surface area contributed by atoms with Gasteiger partial charge in [0.2, 0.25) is 11.8 Å². The molecule has 1 N–H and O–H groups in total. The van der Waals surface area contributed by atoms with E-state index in [-0.39, 0.29) is 27.2 Å². The van der Waals surface area contributed by atoms with Gasteiger partial charge in [0, 0.05) is 13.1 Å². The summed E-state index contributed by atoms with van der Waals surface area (Å²) < 4.78 is 33.9. The van der Waals surface area contributed by atoms with Crippen LogP contribution < -0.4 is 14.4 Å². The lowest BCUT2D eigenvalue weighted by molar-refractivity contribution is -0.139. The van der Waals surface area contributed by atoms with Gasteiger partial charge >= 0.3 is 0 Å². The zero-order chi connectivity index (χ0) is 29.6. The molecule has 1 atom stereocenters. The molecule has 0 spiro atoms. The van der Waals surface area contributed by atoms with E-state index in [4.69, 9.17) is 39.5 Å². The molecule has 3 aromatic carbocycles. The Kier molecular flexibility index (Phi) is 10.7. The summed E-state index contributed by atoms with van der Waals surface area (Å²) in [5, 5.41) is 3.50. The summed E-state index contributed by atoms with van der Waals surface area (Å²) in [6.45, 7) is 4.91. The molecule has 0 radical (unpaired) electrons. The van der Waals surface area contributed by atoms with Gasteiger partial charge < -0.3 is 15.0 Å². The summed E-state index contributed by atoms with van der Waals surface area (Å²) in [5.74, 6) is -0.667. The average molecular weight is 627 g/mol. The molecule has 8 nitrogen and oxygen atoms in total. The van der Waals surface area contributed by atoms with Crippen LogP contribution in [0.5, 0.6) is 5.75 Å². The number of nitrogens with one attached hydrogen (secondary N) is 1. The minimum Gasteiger partial charge on any atom is -0.495 e. The third-order valence-corrected chi connectivity index (χ3v) is 8.99. The second kappa shape index (κ2) is 13.6. The van der Waals surface area contributed by atoms with Gasteiger partial charge in [0.25, 0.3) is 10.0 Å². The fraction of sp³-hybridized carbons (Fsp3) is 0.286. The standard InChI is InChI=1S/C28H30Cl3N3O5S/c1-5-32-28(36)19(3)33(16-20-8-12-23(29)24(30)14-20)27(35)17-34(21-9-13-26(39-4)25(31)15-21)40(37,38)22-10-6-18(2)7-11-22/h6-15,19H,5,16-17H2,1-4H3,(H,32,36)/t19-/m1/s1. The Bertz CT molecular complexity index is 1480. The fourth-order valence-corrected chi connectivity index (χ4v) is 5.89. The summed E-state index contributed by atoms with van der Waals surface area (Å²) in [7, 11) is -2.79. The number of ether oxygens (including phenoxy) is 1. The van der Waals surface area contributed by atoms with Crippen LogP contribution in [0, 0.1) is 6.92 Å². The normalized spacial score (nSPS) is 12.0. The molecule has 0 unspecified atom stereocenters. The summed E-state index contributed by atoms with van der Waals surface area (Å²) in [6.07, 6.45) is 0. The quantitative estimate of drug-likeness (QED) is 0.294. The van der Waals surface area contributed by atoms with Crippen molar-refractivity contribution < 1.29 is 22.7 Å². The number of amides is 2. The Morgan fingerprint density at radius 2 is 1.62 bits per heavy atom. The van der Waals surface area contributed by atoms with E-state index in [0.29, 0.717) is 22.9 Å². The van der Waals surface area contributed by atoms with E-state index in [2.05, 4.69) is 5.32 Å². The highest BCUT2D eigenvalue weighted by Crippen LogP contribution is 2.32. The van der Waals surface area contributed by atoms with Gasteiger partial charge in [0.05, 0.1) is 32.8 Å². The van der Waals surface area contributed by atoms with Crippen molar-refractivity contribution in [1.82, 2.24) is 10.2 Å². The number of carbonyl (C=O) groups excluding carboxylic acids is 2.